The van der Waals surface area contributed by atoms with E-state index >= 15 is 0 Å². The van der Waals surface area contributed by atoms with Crippen molar-refractivity contribution in [2.24, 2.45) is 11.7 Å². The highest BCUT2D eigenvalue weighted by Gasteiger charge is 2.33. The third-order valence-corrected chi connectivity index (χ3v) is 4.51. The van der Waals surface area contributed by atoms with Gasteiger partial charge in [0, 0.05) is 11.3 Å². The summed E-state index contributed by atoms with van der Waals surface area (Å²) < 4.78 is 5.19. The number of ether oxygens (including phenoxy) is 1. The number of hydrogen-bond donors (Lipinski definition) is 3. The Balaban J connectivity index is 1.57. The van der Waals surface area contributed by atoms with E-state index in [0.29, 0.717) is 11.5 Å². The van der Waals surface area contributed by atoms with Crippen LogP contribution < -0.4 is 21.1 Å². The van der Waals surface area contributed by atoms with Gasteiger partial charge in [-0.05, 0) is 60.7 Å². The molecule has 0 aliphatic heterocycles. The summed E-state index contributed by atoms with van der Waals surface area (Å²) in [6, 6.07) is 14.6. The van der Waals surface area contributed by atoms with E-state index in [0.717, 1.165) is 29.8 Å². The zero-order valence-corrected chi connectivity index (χ0v) is 14.7. The van der Waals surface area contributed by atoms with Gasteiger partial charge in [-0.1, -0.05) is 12.1 Å². The Labute approximate surface area is 152 Å². The van der Waals surface area contributed by atoms with Crippen LogP contribution in [0.15, 0.2) is 48.5 Å². The molecule has 0 bridgehead atoms. The zero-order valence-electron chi connectivity index (χ0n) is 14.7. The first-order valence-corrected chi connectivity index (χ1v) is 8.64. The largest absolute Gasteiger partial charge is 0.497 e. The third kappa shape index (κ3) is 4.53. The van der Waals surface area contributed by atoms with Gasteiger partial charge in [0.1, 0.15) is 5.75 Å². The minimum atomic E-state index is -0.471. The molecule has 1 fully saturated rings. The van der Waals surface area contributed by atoms with Crippen LogP contribution in [0, 0.1) is 5.92 Å². The first kappa shape index (κ1) is 17.8. The molecule has 1 aliphatic rings. The number of nitrogens with two attached hydrogens (primary N) is 1. The maximum Gasteiger partial charge on any atom is 0.248 e. The molecule has 4 N–H and O–H groups in total. The van der Waals surface area contributed by atoms with Crippen LogP contribution in [-0.2, 0) is 4.79 Å². The van der Waals surface area contributed by atoms with Crippen molar-refractivity contribution < 1.29 is 14.3 Å². The lowest BCUT2D eigenvalue weighted by atomic mass is 10.0. The number of methoxy groups -OCH3 is 1. The summed E-state index contributed by atoms with van der Waals surface area (Å²) in [7, 11) is 1.64. The second-order valence-corrected chi connectivity index (χ2v) is 6.45. The Hall–Kier alpha value is -3.02. The van der Waals surface area contributed by atoms with Crippen LogP contribution >= 0.6 is 0 Å². The van der Waals surface area contributed by atoms with E-state index < -0.39 is 5.91 Å². The topological polar surface area (TPSA) is 93.4 Å². The smallest absolute Gasteiger partial charge is 0.248 e. The van der Waals surface area contributed by atoms with Crippen molar-refractivity contribution in [2.75, 3.05) is 19.0 Å². The van der Waals surface area contributed by atoms with E-state index in [1.54, 1.807) is 31.4 Å². The molecule has 1 unspecified atom stereocenters. The molecule has 2 aromatic rings. The Bertz CT molecular complexity index is 768. The molecular formula is C20H23N3O3. The molecule has 0 saturated heterocycles. The highest BCUT2D eigenvalue weighted by atomic mass is 16.5. The average Bonchev–Trinajstić information content (AvgIpc) is 3.50. The molecule has 1 atom stereocenters. The molecule has 0 radical (unpaired) electrons. The van der Waals surface area contributed by atoms with Crippen LogP contribution in [0.2, 0.25) is 0 Å². The Kier molecular flexibility index (Phi) is 5.41. The number of hydrogen-bond acceptors (Lipinski definition) is 4. The lowest BCUT2D eigenvalue weighted by Gasteiger charge is -2.19. The summed E-state index contributed by atoms with van der Waals surface area (Å²) in [5.41, 5.74) is 7.51. The molecule has 136 valence electrons. The summed E-state index contributed by atoms with van der Waals surface area (Å²) in [5.74, 6) is 0.746. The SMILES string of the molecule is COc1ccc(C(NC(=O)CNc2ccc(C(N)=O)cc2)C2CC2)cc1. The molecule has 2 aromatic carbocycles. The Morgan fingerprint density at radius 2 is 1.77 bits per heavy atom. The lowest BCUT2D eigenvalue weighted by molar-refractivity contribution is -0.120. The molecule has 0 heterocycles. The Morgan fingerprint density at radius 3 is 2.31 bits per heavy atom. The number of anilines is 1. The predicted molar refractivity (Wildman–Crippen MR) is 100 cm³/mol. The quantitative estimate of drug-likeness (QED) is 0.680. The minimum Gasteiger partial charge on any atom is -0.497 e. The summed E-state index contributed by atoms with van der Waals surface area (Å²) in [6.07, 6.45) is 2.25. The molecule has 3 rings (SSSR count). The third-order valence-electron chi connectivity index (χ3n) is 4.51. The average molecular weight is 353 g/mol. The standard InChI is InChI=1S/C20H23N3O3/c1-26-17-10-6-14(7-11-17)19(13-2-3-13)23-18(24)12-22-16-8-4-15(5-9-16)20(21)25/h4-11,13,19,22H,2-3,12H2,1H3,(H2,21,25)(H,23,24). The number of nitrogens with one attached hydrogen (secondary N) is 2. The van der Waals surface area contributed by atoms with Gasteiger partial charge in [0.05, 0.1) is 19.7 Å². The van der Waals surface area contributed by atoms with Crippen LogP contribution in [0.25, 0.3) is 0 Å². The van der Waals surface area contributed by atoms with E-state index in [9.17, 15) is 9.59 Å². The second kappa shape index (κ2) is 7.91. The summed E-state index contributed by atoms with van der Waals surface area (Å²) in [6.45, 7) is 0.162. The van der Waals surface area contributed by atoms with E-state index in [2.05, 4.69) is 10.6 Å². The zero-order chi connectivity index (χ0) is 18.5. The predicted octanol–water partition coefficient (Wildman–Crippen LogP) is 2.47. The fourth-order valence-corrected chi connectivity index (χ4v) is 2.87. The number of carbonyl (C=O) groups is 2. The van der Waals surface area contributed by atoms with E-state index in [1.165, 1.54) is 0 Å². The second-order valence-electron chi connectivity index (χ2n) is 6.45. The van der Waals surface area contributed by atoms with Gasteiger partial charge in [0.15, 0.2) is 0 Å². The van der Waals surface area contributed by atoms with Gasteiger partial charge in [0.2, 0.25) is 11.8 Å². The van der Waals surface area contributed by atoms with Crippen molar-refractivity contribution in [1.29, 1.82) is 0 Å². The maximum absolute atomic E-state index is 12.4. The molecule has 1 aliphatic carbocycles. The molecule has 26 heavy (non-hydrogen) atoms. The number of benzene rings is 2. The maximum atomic E-state index is 12.4. The molecule has 0 aromatic heterocycles. The van der Waals surface area contributed by atoms with E-state index in [-0.39, 0.29) is 18.5 Å². The van der Waals surface area contributed by atoms with Gasteiger partial charge in [-0.25, -0.2) is 0 Å². The van der Waals surface area contributed by atoms with Crippen LogP contribution in [0.3, 0.4) is 0 Å². The van der Waals surface area contributed by atoms with Crippen LogP contribution in [0.1, 0.15) is 34.8 Å². The van der Waals surface area contributed by atoms with Crippen molar-refractivity contribution in [3.63, 3.8) is 0 Å². The van der Waals surface area contributed by atoms with Crippen molar-refractivity contribution in [1.82, 2.24) is 5.32 Å². The van der Waals surface area contributed by atoms with Crippen molar-refractivity contribution in [2.45, 2.75) is 18.9 Å². The molecule has 1 saturated carbocycles. The van der Waals surface area contributed by atoms with Gasteiger partial charge in [0.25, 0.3) is 0 Å². The fraction of sp³-hybridized carbons (Fsp3) is 0.300. The minimum absolute atomic E-state index is 0.0208. The number of carbonyl (C=O) groups excluding carboxylic acids is 2. The van der Waals surface area contributed by atoms with Gasteiger partial charge < -0.3 is 21.1 Å². The van der Waals surface area contributed by atoms with Crippen molar-refractivity contribution in [3.8, 4) is 5.75 Å². The normalized spacial score (nSPS) is 14.3. The highest BCUT2D eigenvalue weighted by Crippen LogP contribution is 2.41. The molecule has 2 amide bonds. The van der Waals surface area contributed by atoms with Crippen LogP contribution in [0.5, 0.6) is 5.75 Å². The molecular weight excluding hydrogens is 330 g/mol. The lowest BCUT2D eigenvalue weighted by Crippen LogP contribution is -2.34. The first-order chi connectivity index (χ1) is 12.6. The first-order valence-electron chi connectivity index (χ1n) is 8.64. The van der Waals surface area contributed by atoms with E-state index in [1.807, 2.05) is 24.3 Å². The van der Waals surface area contributed by atoms with Crippen LogP contribution in [0.4, 0.5) is 5.69 Å². The molecule has 0 spiro atoms. The monoisotopic (exact) mass is 353 g/mol. The van der Waals surface area contributed by atoms with E-state index in [4.69, 9.17) is 10.5 Å². The fourth-order valence-electron chi connectivity index (χ4n) is 2.87. The summed E-state index contributed by atoms with van der Waals surface area (Å²) in [5, 5.41) is 6.18. The Morgan fingerprint density at radius 1 is 1.12 bits per heavy atom. The van der Waals surface area contributed by atoms with Gasteiger partial charge >= 0.3 is 0 Å². The number of rotatable bonds is 8. The number of amides is 2. The molecule has 6 nitrogen and oxygen atoms in total. The van der Waals surface area contributed by atoms with Crippen LogP contribution in [-0.4, -0.2) is 25.5 Å². The van der Waals surface area contributed by atoms with Crippen molar-refractivity contribution >= 4 is 17.5 Å². The summed E-state index contributed by atoms with van der Waals surface area (Å²) >= 11 is 0. The molecule has 6 heteroatoms. The van der Waals surface area contributed by atoms with Gasteiger partial charge in [-0.2, -0.15) is 0 Å². The van der Waals surface area contributed by atoms with Gasteiger partial charge in [-0.15, -0.1) is 0 Å². The summed E-state index contributed by atoms with van der Waals surface area (Å²) in [4.78, 5) is 23.4. The number of primary amides is 1. The highest BCUT2D eigenvalue weighted by molar-refractivity contribution is 5.93. The van der Waals surface area contributed by atoms with Gasteiger partial charge in [-0.3, -0.25) is 9.59 Å². The van der Waals surface area contributed by atoms with Crippen molar-refractivity contribution in [3.05, 3.63) is 59.7 Å².